The van der Waals surface area contributed by atoms with Gasteiger partial charge in [-0.2, -0.15) is 0 Å². The zero-order valence-corrected chi connectivity index (χ0v) is 27.8. The number of amides is 3. The summed E-state index contributed by atoms with van der Waals surface area (Å²) in [7, 11) is 1.65. The van der Waals surface area contributed by atoms with Crippen LogP contribution in [0.4, 0.5) is 16.2 Å². The van der Waals surface area contributed by atoms with Gasteiger partial charge >= 0.3 is 6.09 Å². The molecule has 1 saturated heterocycles. The molecule has 9 nitrogen and oxygen atoms in total. The number of carbonyl (C=O) groups is 3. The van der Waals surface area contributed by atoms with Gasteiger partial charge in [-0.25, -0.2) is 4.79 Å². The Morgan fingerprint density at radius 1 is 0.957 bits per heavy atom. The van der Waals surface area contributed by atoms with Gasteiger partial charge in [-0.15, -0.1) is 0 Å². The number of likely N-dealkylation sites (tertiary alicyclic amines) is 1. The third-order valence-corrected chi connectivity index (χ3v) is 9.05. The molecular formula is C38H45N3O6. The summed E-state index contributed by atoms with van der Waals surface area (Å²) in [6.07, 6.45) is 2.70. The van der Waals surface area contributed by atoms with Gasteiger partial charge in [-0.1, -0.05) is 54.6 Å². The summed E-state index contributed by atoms with van der Waals surface area (Å²) in [5.41, 5.74) is 4.05. The van der Waals surface area contributed by atoms with Crippen LogP contribution in [-0.4, -0.2) is 74.4 Å². The highest BCUT2D eigenvalue weighted by Gasteiger charge is 2.44. The van der Waals surface area contributed by atoms with Gasteiger partial charge in [0.25, 0.3) is 5.91 Å². The second kappa shape index (κ2) is 13.8. The maximum absolute atomic E-state index is 14.9. The van der Waals surface area contributed by atoms with Crippen LogP contribution in [0.5, 0.6) is 5.75 Å². The van der Waals surface area contributed by atoms with E-state index < -0.39 is 17.6 Å². The molecule has 2 atom stereocenters. The molecule has 3 amide bonds. The minimum Gasteiger partial charge on any atom is -0.482 e. The first-order valence-electron chi connectivity index (χ1n) is 16.7. The summed E-state index contributed by atoms with van der Waals surface area (Å²) in [6.45, 7) is 7.33. The number of hydrogen-bond donors (Lipinski definition) is 0. The van der Waals surface area contributed by atoms with Gasteiger partial charge in [-0.3, -0.25) is 9.59 Å². The van der Waals surface area contributed by atoms with Crippen molar-refractivity contribution >= 4 is 29.3 Å². The number of anilines is 2. The van der Waals surface area contributed by atoms with Gasteiger partial charge in [0, 0.05) is 45.1 Å². The zero-order chi connectivity index (χ0) is 33.1. The van der Waals surface area contributed by atoms with E-state index in [0.29, 0.717) is 44.0 Å². The highest BCUT2D eigenvalue weighted by Crippen LogP contribution is 2.43. The maximum Gasteiger partial charge on any atom is 0.410 e. The molecule has 248 valence electrons. The van der Waals surface area contributed by atoms with Gasteiger partial charge in [-0.05, 0) is 87.3 Å². The normalized spacial score (nSPS) is 19.5. The lowest BCUT2D eigenvalue weighted by Gasteiger charge is -2.41. The van der Waals surface area contributed by atoms with Crippen LogP contribution in [0.2, 0.25) is 0 Å². The molecular weight excluding hydrogens is 594 g/mol. The molecule has 47 heavy (non-hydrogen) atoms. The number of fused-ring (bicyclic) bond motifs is 1. The SMILES string of the molecule is COCCCN1C(=O)COc2ccc(N(C(=O)[C@H]3CN(C(=O)OC(C)(C)C)CC[C@@H]3c3cccc(-c4ccccc4)c3)C3CC3)cc21. The number of hydrogen-bond acceptors (Lipinski definition) is 6. The molecule has 1 saturated carbocycles. The third-order valence-electron chi connectivity index (χ3n) is 9.05. The largest absolute Gasteiger partial charge is 0.482 e. The molecule has 2 fully saturated rings. The molecule has 3 aliphatic rings. The third kappa shape index (κ3) is 7.46. The van der Waals surface area contributed by atoms with E-state index in [9.17, 15) is 14.4 Å². The molecule has 2 aliphatic heterocycles. The topological polar surface area (TPSA) is 88.6 Å². The first-order valence-corrected chi connectivity index (χ1v) is 16.7. The monoisotopic (exact) mass is 639 g/mol. The Morgan fingerprint density at radius 2 is 1.72 bits per heavy atom. The van der Waals surface area contributed by atoms with Gasteiger partial charge in [0.2, 0.25) is 5.91 Å². The molecule has 0 aromatic heterocycles. The summed E-state index contributed by atoms with van der Waals surface area (Å²) in [5, 5.41) is 0. The van der Waals surface area contributed by atoms with Gasteiger partial charge in [0.05, 0.1) is 11.6 Å². The summed E-state index contributed by atoms with van der Waals surface area (Å²) in [5.74, 6) is -0.106. The van der Waals surface area contributed by atoms with Crippen molar-refractivity contribution in [1.82, 2.24) is 4.90 Å². The number of carbonyl (C=O) groups excluding carboxylic acids is 3. The fraction of sp³-hybridized carbons (Fsp3) is 0.447. The maximum atomic E-state index is 14.9. The Hall–Kier alpha value is -4.37. The van der Waals surface area contributed by atoms with Crippen molar-refractivity contribution in [3.63, 3.8) is 0 Å². The lowest BCUT2D eigenvalue weighted by molar-refractivity contribution is -0.124. The molecule has 0 N–H and O–H groups in total. The Morgan fingerprint density at radius 3 is 2.45 bits per heavy atom. The van der Waals surface area contributed by atoms with E-state index in [2.05, 4.69) is 36.4 Å². The quantitative estimate of drug-likeness (QED) is 0.244. The molecule has 6 rings (SSSR count). The van der Waals surface area contributed by atoms with E-state index >= 15 is 0 Å². The second-order valence-electron chi connectivity index (χ2n) is 13.7. The number of ether oxygens (including phenoxy) is 3. The van der Waals surface area contributed by atoms with E-state index in [-0.39, 0.29) is 36.9 Å². The zero-order valence-electron chi connectivity index (χ0n) is 27.8. The van der Waals surface area contributed by atoms with Crippen molar-refractivity contribution in [3.8, 4) is 16.9 Å². The summed E-state index contributed by atoms with van der Waals surface area (Å²) in [6, 6.07) is 24.4. The van der Waals surface area contributed by atoms with E-state index in [1.807, 2.05) is 62.1 Å². The number of nitrogens with zero attached hydrogens (tertiary/aromatic N) is 3. The highest BCUT2D eigenvalue weighted by molar-refractivity contribution is 6.01. The van der Waals surface area contributed by atoms with Crippen LogP contribution in [0.3, 0.4) is 0 Å². The molecule has 1 aliphatic carbocycles. The Balaban J connectivity index is 1.35. The number of piperidine rings is 1. The molecule has 0 bridgehead atoms. The van der Waals surface area contributed by atoms with E-state index in [1.54, 1.807) is 16.9 Å². The number of rotatable bonds is 9. The van der Waals surface area contributed by atoms with Crippen molar-refractivity contribution in [2.45, 2.75) is 64.0 Å². The summed E-state index contributed by atoms with van der Waals surface area (Å²) >= 11 is 0. The molecule has 9 heteroatoms. The Bertz CT molecular complexity index is 1600. The van der Waals surface area contributed by atoms with Crippen LogP contribution < -0.4 is 14.5 Å². The van der Waals surface area contributed by atoms with Crippen molar-refractivity contribution < 1.29 is 28.6 Å². The van der Waals surface area contributed by atoms with Crippen LogP contribution >= 0.6 is 0 Å². The number of methoxy groups -OCH3 is 1. The first kappa shape index (κ1) is 32.6. The molecule has 0 spiro atoms. The Labute approximate surface area is 277 Å². The minimum absolute atomic E-state index is 0.0170. The molecule has 3 aromatic carbocycles. The number of benzene rings is 3. The van der Waals surface area contributed by atoms with Crippen LogP contribution in [0.15, 0.2) is 72.8 Å². The fourth-order valence-corrected chi connectivity index (χ4v) is 6.65. The smallest absolute Gasteiger partial charge is 0.410 e. The molecule has 0 unspecified atom stereocenters. The highest BCUT2D eigenvalue weighted by atomic mass is 16.6. The molecule has 0 radical (unpaired) electrons. The van der Waals surface area contributed by atoms with Gasteiger partial charge < -0.3 is 28.9 Å². The van der Waals surface area contributed by atoms with E-state index in [4.69, 9.17) is 14.2 Å². The standard InChI is InChI=1S/C38H45N3O6/c1-38(2,3)47-37(44)39-20-18-31(28-13-8-12-27(22-28)26-10-6-5-7-11-26)32(24-39)36(43)41(29-14-15-29)30-16-17-34-33(23-30)40(19-9-21-45-4)35(42)25-46-34/h5-8,10-13,16-17,22-23,29,31-32H,9,14-15,18-21,24-25H2,1-4H3/t31-,32+/m1/s1. The summed E-state index contributed by atoms with van der Waals surface area (Å²) in [4.78, 5) is 46.5. The molecule has 2 heterocycles. The predicted molar refractivity (Wildman–Crippen MR) is 182 cm³/mol. The lowest BCUT2D eigenvalue weighted by Crippen LogP contribution is -2.51. The van der Waals surface area contributed by atoms with Crippen molar-refractivity contribution in [2.24, 2.45) is 5.92 Å². The van der Waals surface area contributed by atoms with Gasteiger partial charge in [0.1, 0.15) is 11.4 Å². The average molecular weight is 640 g/mol. The van der Waals surface area contributed by atoms with Crippen LogP contribution in [0.1, 0.15) is 57.9 Å². The second-order valence-corrected chi connectivity index (χ2v) is 13.7. The van der Waals surface area contributed by atoms with Crippen molar-refractivity contribution in [3.05, 3.63) is 78.4 Å². The first-order chi connectivity index (χ1) is 22.6. The van der Waals surface area contributed by atoms with Crippen molar-refractivity contribution in [1.29, 1.82) is 0 Å². The van der Waals surface area contributed by atoms with Crippen LogP contribution in [0, 0.1) is 5.92 Å². The molecule has 3 aromatic rings. The van der Waals surface area contributed by atoms with Crippen LogP contribution in [-0.2, 0) is 19.1 Å². The minimum atomic E-state index is -0.644. The lowest BCUT2D eigenvalue weighted by atomic mass is 9.79. The van der Waals surface area contributed by atoms with E-state index in [0.717, 1.165) is 35.2 Å². The van der Waals surface area contributed by atoms with Crippen LogP contribution in [0.25, 0.3) is 11.1 Å². The Kier molecular flexibility index (Phi) is 9.55. The fourth-order valence-electron chi connectivity index (χ4n) is 6.65. The summed E-state index contributed by atoms with van der Waals surface area (Å²) < 4.78 is 16.8. The van der Waals surface area contributed by atoms with E-state index in [1.165, 1.54) is 0 Å². The predicted octanol–water partition coefficient (Wildman–Crippen LogP) is 6.65. The van der Waals surface area contributed by atoms with Crippen molar-refractivity contribution in [2.75, 3.05) is 49.8 Å². The van der Waals surface area contributed by atoms with Gasteiger partial charge in [0.15, 0.2) is 6.61 Å². The average Bonchev–Trinajstić information content (AvgIpc) is 3.90.